The van der Waals surface area contributed by atoms with E-state index in [1.54, 1.807) is 23.1 Å². The van der Waals surface area contributed by atoms with Crippen molar-refractivity contribution in [3.63, 3.8) is 0 Å². The number of aliphatic hydroxyl groups excluding tert-OH is 2. The lowest BCUT2D eigenvalue weighted by atomic mass is 10.1. The molecule has 1 spiro atoms. The molecular formula is C23H25ClN2O5S. The van der Waals surface area contributed by atoms with Crippen molar-refractivity contribution in [2.45, 2.75) is 37.4 Å². The van der Waals surface area contributed by atoms with E-state index in [0.717, 1.165) is 23.2 Å². The van der Waals surface area contributed by atoms with Gasteiger partial charge >= 0.3 is 0 Å². The average Bonchev–Trinajstić information content (AvgIpc) is 3.45. The third-order valence-electron chi connectivity index (χ3n) is 5.24. The number of epoxide rings is 1. The molecule has 0 saturated carbocycles. The highest BCUT2D eigenvalue weighted by atomic mass is 35.5. The van der Waals surface area contributed by atoms with Gasteiger partial charge in [0.25, 0.3) is 5.91 Å². The number of aliphatic imine (C=N–C) groups is 1. The number of thioether (sulfide) groups is 1. The Morgan fingerprint density at radius 3 is 2.81 bits per heavy atom. The Balaban J connectivity index is 1.58. The summed E-state index contributed by atoms with van der Waals surface area (Å²) in [5.41, 5.74) is 2.54. The van der Waals surface area contributed by atoms with E-state index in [-0.39, 0.29) is 12.5 Å². The van der Waals surface area contributed by atoms with Gasteiger partial charge in [0.2, 0.25) is 4.93 Å². The van der Waals surface area contributed by atoms with Gasteiger partial charge in [-0.25, -0.2) is 0 Å². The summed E-state index contributed by atoms with van der Waals surface area (Å²) in [6.07, 6.45) is -0.573. The quantitative estimate of drug-likeness (QED) is 0.564. The predicted molar refractivity (Wildman–Crippen MR) is 125 cm³/mol. The number of ether oxygens (including phenoxy) is 2. The van der Waals surface area contributed by atoms with Crippen LogP contribution in [0, 0.1) is 6.92 Å². The fourth-order valence-corrected chi connectivity index (χ4v) is 5.02. The number of hydrogen-bond donors (Lipinski definition) is 2. The first-order valence-corrected chi connectivity index (χ1v) is 11.6. The van der Waals surface area contributed by atoms with Crippen molar-refractivity contribution in [3.05, 3.63) is 58.6 Å². The number of anilines is 1. The van der Waals surface area contributed by atoms with Crippen LogP contribution in [-0.2, 0) is 9.53 Å². The van der Waals surface area contributed by atoms with E-state index in [1.807, 2.05) is 38.1 Å². The molecule has 2 aromatic rings. The van der Waals surface area contributed by atoms with Crippen LogP contribution in [0.25, 0.3) is 0 Å². The summed E-state index contributed by atoms with van der Waals surface area (Å²) in [4.78, 5) is 18.8. The summed E-state index contributed by atoms with van der Waals surface area (Å²) >= 11 is 7.69. The molecule has 0 radical (unpaired) electrons. The number of para-hydroxylation sites is 1. The van der Waals surface area contributed by atoms with E-state index in [4.69, 9.17) is 26.2 Å². The Hall–Kier alpha value is -2.10. The zero-order valence-electron chi connectivity index (χ0n) is 17.8. The summed E-state index contributed by atoms with van der Waals surface area (Å²) in [5, 5.41) is 19.4. The number of carbonyl (C=O) groups excluding carboxylic acids is 1. The molecule has 0 aliphatic carbocycles. The van der Waals surface area contributed by atoms with E-state index in [9.17, 15) is 9.90 Å². The van der Waals surface area contributed by atoms with Gasteiger partial charge in [-0.05, 0) is 54.4 Å². The van der Waals surface area contributed by atoms with Gasteiger partial charge in [-0.3, -0.25) is 14.7 Å². The van der Waals surface area contributed by atoms with Crippen molar-refractivity contribution in [2.75, 3.05) is 24.7 Å². The van der Waals surface area contributed by atoms with Gasteiger partial charge in [0.1, 0.15) is 24.6 Å². The standard InChI is InChI=1S/C23H25ClN2O5S/c1-3-10-25-22-26(18-7-5-4-6-14(18)2)21(29)23(32-22)20(31-23)15-8-9-19(17(24)11-15)30-13-16(28)12-27/h4-9,11,16,20,27-28H,3,10,12-13H2,1-2H3/b25-22+/t16-,20?,23?/m1/s1. The summed E-state index contributed by atoms with van der Waals surface area (Å²) < 4.78 is 11.4. The minimum atomic E-state index is -1.06. The van der Waals surface area contributed by atoms with E-state index < -0.39 is 23.7 Å². The van der Waals surface area contributed by atoms with Gasteiger partial charge in [-0.15, -0.1) is 0 Å². The topological polar surface area (TPSA) is 94.9 Å². The van der Waals surface area contributed by atoms with E-state index in [2.05, 4.69) is 4.99 Å². The van der Waals surface area contributed by atoms with Gasteiger partial charge < -0.3 is 19.7 Å². The second-order valence-electron chi connectivity index (χ2n) is 7.70. The number of amidine groups is 1. The third kappa shape index (κ3) is 4.25. The molecule has 2 N–H and O–H groups in total. The molecule has 2 fully saturated rings. The molecule has 32 heavy (non-hydrogen) atoms. The van der Waals surface area contributed by atoms with Crippen LogP contribution in [0.15, 0.2) is 47.5 Å². The summed E-state index contributed by atoms with van der Waals surface area (Å²) in [6.45, 7) is 4.16. The lowest BCUT2D eigenvalue weighted by Crippen LogP contribution is -2.34. The molecule has 9 heteroatoms. The van der Waals surface area contributed by atoms with Crippen molar-refractivity contribution in [1.82, 2.24) is 0 Å². The third-order valence-corrected chi connectivity index (χ3v) is 6.82. The lowest BCUT2D eigenvalue weighted by molar-refractivity contribution is -0.119. The fraction of sp³-hybridized carbons (Fsp3) is 0.391. The highest BCUT2D eigenvalue weighted by Crippen LogP contribution is 2.62. The van der Waals surface area contributed by atoms with E-state index in [1.165, 1.54) is 11.8 Å². The van der Waals surface area contributed by atoms with Crippen LogP contribution in [0.1, 0.15) is 30.6 Å². The molecule has 2 saturated heterocycles. The summed E-state index contributed by atoms with van der Waals surface area (Å²) in [5.74, 6) is 0.230. The van der Waals surface area contributed by atoms with Crippen molar-refractivity contribution < 1.29 is 24.5 Å². The molecular weight excluding hydrogens is 452 g/mol. The molecule has 0 bridgehead atoms. The van der Waals surface area contributed by atoms with E-state index >= 15 is 0 Å². The molecule has 0 aromatic heterocycles. The van der Waals surface area contributed by atoms with Crippen LogP contribution in [0.3, 0.4) is 0 Å². The monoisotopic (exact) mass is 476 g/mol. The Morgan fingerprint density at radius 2 is 2.12 bits per heavy atom. The molecule has 7 nitrogen and oxygen atoms in total. The largest absolute Gasteiger partial charge is 0.489 e. The molecule has 4 rings (SSSR count). The molecule has 170 valence electrons. The smallest absolute Gasteiger partial charge is 0.279 e. The first-order valence-electron chi connectivity index (χ1n) is 10.4. The van der Waals surface area contributed by atoms with Crippen molar-refractivity contribution in [1.29, 1.82) is 0 Å². The van der Waals surface area contributed by atoms with Gasteiger partial charge in [-0.2, -0.15) is 0 Å². The molecule has 2 unspecified atom stereocenters. The zero-order chi connectivity index (χ0) is 22.9. The number of hydrogen-bond acceptors (Lipinski definition) is 7. The number of halogens is 1. The van der Waals surface area contributed by atoms with Crippen LogP contribution >= 0.6 is 23.4 Å². The second kappa shape index (κ2) is 9.41. The number of carbonyl (C=O) groups is 1. The molecule has 2 aromatic carbocycles. The van der Waals surface area contributed by atoms with Gasteiger partial charge in [0.05, 0.1) is 17.3 Å². The van der Waals surface area contributed by atoms with E-state index in [0.29, 0.717) is 22.5 Å². The van der Waals surface area contributed by atoms with Crippen molar-refractivity contribution in [2.24, 2.45) is 4.99 Å². The SMILES string of the molecule is CCC/N=C1/SC2(OC2c2ccc(OC[C@H](O)CO)c(Cl)c2)C(=O)N1c1ccccc1C. The first-order chi connectivity index (χ1) is 15.4. The van der Waals surface area contributed by atoms with Crippen LogP contribution in [0.2, 0.25) is 5.02 Å². The van der Waals surface area contributed by atoms with Crippen molar-refractivity contribution in [3.8, 4) is 5.75 Å². The number of aliphatic hydroxyl groups is 2. The maximum absolute atomic E-state index is 13.6. The minimum Gasteiger partial charge on any atom is -0.489 e. The zero-order valence-corrected chi connectivity index (χ0v) is 19.4. The molecule has 2 aliphatic rings. The van der Waals surface area contributed by atoms with Crippen LogP contribution in [0.5, 0.6) is 5.75 Å². The number of nitrogens with zero attached hydrogens (tertiary/aromatic N) is 2. The van der Waals surface area contributed by atoms with Gasteiger partial charge in [-0.1, -0.05) is 42.8 Å². The maximum Gasteiger partial charge on any atom is 0.279 e. The predicted octanol–water partition coefficient (Wildman–Crippen LogP) is 3.69. The highest BCUT2D eigenvalue weighted by molar-refractivity contribution is 8.17. The fourth-order valence-electron chi connectivity index (χ4n) is 3.51. The molecule has 2 aliphatic heterocycles. The Morgan fingerprint density at radius 1 is 1.34 bits per heavy atom. The Kier molecular flexibility index (Phi) is 6.78. The summed E-state index contributed by atoms with van der Waals surface area (Å²) in [7, 11) is 0. The number of rotatable bonds is 8. The van der Waals surface area contributed by atoms with Gasteiger partial charge in [0.15, 0.2) is 5.17 Å². The second-order valence-corrected chi connectivity index (χ2v) is 9.28. The Labute approximate surface area is 196 Å². The Bertz CT molecular complexity index is 1050. The maximum atomic E-state index is 13.6. The number of aryl methyl sites for hydroxylation is 1. The number of benzene rings is 2. The van der Waals surface area contributed by atoms with Crippen LogP contribution in [0.4, 0.5) is 5.69 Å². The van der Waals surface area contributed by atoms with Crippen molar-refractivity contribution >= 4 is 40.1 Å². The van der Waals surface area contributed by atoms with Crippen LogP contribution in [-0.4, -0.2) is 52.1 Å². The molecule has 1 amide bonds. The van der Waals surface area contributed by atoms with Crippen LogP contribution < -0.4 is 9.64 Å². The molecule has 2 heterocycles. The number of amides is 1. The normalized spacial score (nSPS) is 24.4. The summed E-state index contributed by atoms with van der Waals surface area (Å²) in [6, 6.07) is 12.9. The minimum absolute atomic E-state index is 0.0730. The molecule has 3 atom stereocenters. The average molecular weight is 477 g/mol. The first kappa shape index (κ1) is 23.1. The highest BCUT2D eigenvalue weighted by Gasteiger charge is 2.71. The lowest BCUT2D eigenvalue weighted by Gasteiger charge is -2.18. The van der Waals surface area contributed by atoms with Gasteiger partial charge in [0, 0.05) is 6.54 Å².